The highest BCUT2D eigenvalue weighted by Crippen LogP contribution is 2.31. The van der Waals surface area contributed by atoms with E-state index in [1.807, 2.05) is 16.5 Å². The van der Waals surface area contributed by atoms with Crippen molar-refractivity contribution in [3.05, 3.63) is 59.4 Å². The van der Waals surface area contributed by atoms with E-state index in [2.05, 4.69) is 21.3 Å². The van der Waals surface area contributed by atoms with Crippen molar-refractivity contribution in [2.24, 2.45) is 16.0 Å². The smallest absolute Gasteiger partial charge is 0.295 e. The third kappa shape index (κ3) is 2.09. The Balaban J connectivity index is 1.87. The average molecular weight is 316 g/mol. The van der Waals surface area contributed by atoms with Crippen molar-refractivity contribution in [2.45, 2.75) is 6.04 Å². The number of nitrogens with two attached hydrogens (primary N) is 1. The van der Waals surface area contributed by atoms with Crippen molar-refractivity contribution in [2.75, 3.05) is 6.54 Å². The van der Waals surface area contributed by atoms with Gasteiger partial charge in [-0.2, -0.15) is 10.4 Å². The molecule has 1 amide bonds. The number of carbonyl (C=O) groups is 1. The monoisotopic (exact) mass is 316 g/mol. The van der Waals surface area contributed by atoms with E-state index >= 15 is 0 Å². The van der Waals surface area contributed by atoms with Crippen molar-refractivity contribution in [3.8, 4) is 17.3 Å². The van der Waals surface area contributed by atoms with Crippen LogP contribution in [0, 0.1) is 11.3 Å². The van der Waals surface area contributed by atoms with Gasteiger partial charge in [0.2, 0.25) is 0 Å². The molecule has 0 spiro atoms. The molecule has 0 saturated carbocycles. The highest BCUT2D eigenvalue weighted by Gasteiger charge is 2.23. The van der Waals surface area contributed by atoms with E-state index in [-0.39, 0.29) is 18.5 Å². The topological polar surface area (TPSA) is 109 Å². The first-order valence-corrected chi connectivity index (χ1v) is 7.38. The Hall–Kier alpha value is -3.37. The third-order valence-corrected chi connectivity index (χ3v) is 4.09. The van der Waals surface area contributed by atoms with Crippen molar-refractivity contribution in [1.82, 2.24) is 9.38 Å². The van der Waals surface area contributed by atoms with Gasteiger partial charge in [0.25, 0.3) is 5.91 Å². The summed E-state index contributed by atoms with van der Waals surface area (Å²) in [7, 11) is 0. The molecule has 0 radical (unpaired) electrons. The molecule has 0 aliphatic carbocycles. The molecule has 1 atom stereocenters. The summed E-state index contributed by atoms with van der Waals surface area (Å²) in [4.78, 5) is 16.2. The van der Waals surface area contributed by atoms with Crippen LogP contribution >= 0.6 is 0 Å². The molecule has 4 rings (SSSR count). The van der Waals surface area contributed by atoms with E-state index < -0.39 is 0 Å². The maximum absolute atomic E-state index is 11.9. The molecule has 1 aliphatic heterocycles. The number of hydrogen-bond donors (Lipinski definition) is 1. The second-order valence-corrected chi connectivity index (χ2v) is 5.47. The standard InChI is InChI=1S/C17H12N6O/c18-7-10-3-4-23-15(9-20-16(23)5-10)11-1-2-12-13(6-11)14(8-19)21-22-17(12)24/h1-6,9,14H,8,19H2. The van der Waals surface area contributed by atoms with Gasteiger partial charge in [-0.15, -0.1) is 5.11 Å². The molecule has 116 valence electrons. The van der Waals surface area contributed by atoms with Gasteiger partial charge in [-0.3, -0.25) is 9.20 Å². The van der Waals surface area contributed by atoms with Gasteiger partial charge in [0, 0.05) is 23.9 Å². The zero-order valence-electron chi connectivity index (χ0n) is 12.5. The molecule has 1 aliphatic rings. The predicted octanol–water partition coefficient (Wildman–Crippen LogP) is 2.48. The van der Waals surface area contributed by atoms with Gasteiger partial charge >= 0.3 is 0 Å². The van der Waals surface area contributed by atoms with Gasteiger partial charge in [0.05, 0.1) is 23.5 Å². The van der Waals surface area contributed by atoms with Gasteiger partial charge in [0.1, 0.15) is 11.7 Å². The second-order valence-electron chi connectivity index (χ2n) is 5.47. The van der Waals surface area contributed by atoms with E-state index in [4.69, 9.17) is 11.0 Å². The lowest BCUT2D eigenvalue weighted by atomic mass is 9.95. The molecule has 1 aromatic carbocycles. The number of pyridine rings is 1. The number of amides is 1. The van der Waals surface area contributed by atoms with Crippen LogP contribution < -0.4 is 5.73 Å². The van der Waals surface area contributed by atoms with Crippen LogP contribution in [0.5, 0.6) is 0 Å². The Labute approximate surface area is 137 Å². The fraction of sp³-hybridized carbons (Fsp3) is 0.118. The summed E-state index contributed by atoms with van der Waals surface area (Å²) >= 11 is 0. The molecule has 3 heterocycles. The number of carbonyl (C=O) groups excluding carboxylic acids is 1. The molecule has 2 aromatic heterocycles. The van der Waals surface area contributed by atoms with Crippen molar-refractivity contribution in [3.63, 3.8) is 0 Å². The summed E-state index contributed by atoms with van der Waals surface area (Å²) in [5.41, 5.74) is 10.1. The molecular weight excluding hydrogens is 304 g/mol. The lowest BCUT2D eigenvalue weighted by Gasteiger charge is -2.17. The Morgan fingerprint density at radius 3 is 2.96 bits per heavy atom. The SMILES string of the molecule is N#Cc1ccn2c(-c3ccc4c(c3)C(CN)N=NC4=O)cnc2c1. The van der Waals surface area contributed by atoms with Crippen LogP contribution in [-0.4, -0.2) is 21.8 Å². The largest absolute Gasteiger partial charge is 0.328 e. The molecule has 0 bridgehead atoms. The molecule has 0 fully saturated rings. The van der Waals surface area contributed by atoms with Crippen molar-refractivity contribution >= 4 is 11.6 Å². The van der Waals surface area contributed by atoms with Crippen molar-refractivity contribution in [1.29, 1.82) is 5.26 Å². The van der Waals surface area contributed by atoms with E-state index in [0.29, 0.717) is 16.8 Å². The fourth-order valence-corrected chi connectivity index (χ4v) is 2.87. The van der Waals surface area contributed by atoms with Crippen LogP contribution in [0.3, 0.4) is 0 Å². The number of benzene rings is 1. The summed E-state index contributed by atoms with van der Waals surface area (Å²) in [5.74, 6) is -0.349. The number of hydrogen-bond acceptors (Lipinski definition) is 5. The van der Waals surface area contributed by atoms with E-state index in [1.165, 1.54) is 0 Å². The number of fused-ring (bicyclic) bond motifs is 2. The van der Waals surface area contributed by atoms with E-state index in [9.17, 15) is 4.79 Å². The average Bonchev–Trinajstić information content (AvgIpc) is 3.04. The summed E-state index contributed by atoms with van der Waals surface area (Å²) in [6.07, 6.45) is 3.54. The quantitative estimate of drug-likeness (QED) is 0.783. The first-order valence-electron chi connectivity index (χ1n) is 7.38. The minimum Gasteiger partial charge on any atom is -0.328 e. The van der Waals surface area contributed by atoms with Gasteiger partial charge in [-0.05, 0) is 29.8 Å². The van der Waals surface area contributed by atoms with E-state index in [1.54, 1.807) is 30.6 Å². The summed E-state index contributed by atoms with van der Waals surface area (Å²) in [6, 6.07) is 10.7. The normalized spacial score (nSPS) is 16.2. The number of azo groups is 1. The summed E-state index contributed by atoms with van der Waals surface area (Å²) in [5, 5.41) is 16.6. The number of aromatic nitrogens is 2. The Morgan fingerprint density at radius 1 is 1.29 bits per heavy atom. The highest BCUT2D eigenvalue weighted by atomic mass is 16.1. The highest BCUT2D eigenvalue weighted by molar-refractivity contribution is 5.97. The molecule has 7 nitrogen and oxygen atoms in total. The van der Waals surface area contributed by atoms with Crippen LogP contribution in [0.1, 0.15) is 27.5 Å². The van der Waals surface area contributed by atoms with Gasteiger partial charge in [-0.25, -0.2) is 4.98 Å². The number of nitriles is 1. The molecule has 3 aromatic rings. The molecular formula is C17H12N6O. The van der Waals surface area contributed by atoms with Gasteiger partial charge in [-0.1, -0.05) is 6.07 Å². The first-order chi connectivity index (χ1) is 11.7. The van der Waals surface area contributed by atoms with Crippen LogP contribution in [0.4, 0.5) is 0 Å². The number of nitrogens with zero attached hydrogens (tertiary/aromatic N) is 5. The Kier molecular flexibility index (Phi) is 3.18. The van der Waals surface area contributed by atoms with Crippen LogP contribution in [0.25, 0.3) is 16.9 Å². The van der Waals surface area contributed by atoms with E-state index in [0.717, 1.165) is 16.8 Å². The molecule has 2 N–H and O–H groups in total. The predicted molar refractivity (Wildman–Crippen MR) is 86.3 cm³/mol. The van der Waals surface area contributed by atoms with Gasteiger partial charge < -0.3 is 5.73 Å². The zero-order chi connectivity index (χ0) is 16.7. The Bertz CT molecular complexity index is 1040. The van der Waals surface area contributed by atoms with Crippen LogP contribution in [-0.2, 0) is 0 Å². The second kappa shape index (κ2) is 5.37. The Morgan fingerprint density at radius 2 is 2.17 bits per heavy atom. The van der Waals surface area contributed by atoms with Crippen LogP contribution in [0.15, 0.2) is 53.0 Å². The lowest BCUT2D eigenvalue weighted by molar-refractivity contribution is 0.0985. The summed E-state index contributed by atoms with van der Waals surface area (Å²) < 4.78 is 1.90. The first kappa shape index (κ1) is 14.2. The minimum absolute atomic E-state index is 0.284. The molecule has 1 unspecified atom stereocenters. The van der Waals surface area contributed by atoms with Crippen molar-refractivity contribution < 1.29 is 4.79 Å². The minimum atomic E-state index is -0.349. The molecule has 0 saturated heterocycles. The maximum Gasteiger partial charge on any atom is 0.295 e. The van der Waals surface area contributed by atoms with Gasteiger partial charge in [0.15, 0.2) is 0 Å². The maximum atomic E-state index is 11.9. The van der Waals surface area contributed by atoms with Crippen LogP contribution in [0.2, 0.25) is 0 Å². The zero-order valence-corrected chi connectivity index (χ0v) is 12.5. The lowest BCUT2D eigenvalue weighted by Crippen LogP contribution is -2.17. The third-order valence-electron chi connectivity index (χ3n) is 4.09. The number of rotatable bonds is 2. The fourth-order valence-electron chi connectivity index (χ4n) is 2.87. The summed E-state index contributed by atoms with van der Waals surface area (Å²) in [6.45, 7) is 0.284. The number of imidazole rings is 1. The molecule has 24 heavy (non-hydrogen) atoms. The molecule has 7 heteroatoms.